The van der Waals surface area contributed by atoms with Crippen LogP contribution in [0.25, 0.3) is 0 Å². The molecule has 2 aromatic rings. The first-order valence-electron chi connectivity index (χ1n) is 12.6. The Balaban J connectivity index is 1.28. The van der Waals surface area contributed by atoms with E-state index in [1.807, 2.05) is 18.2 Å². The Morgan fingerprint density at radius 1 is 1.09 bits per heavy atom. The van der Waals surface area contributed by atoms with Crippen molar-refractivity contribution in [1.82, 2.24) is 15.1 Å². The number of rotatable bonds is 6. The molecule has 3 amide bonds. The number of imide groups is 1. The first-order valence-corrected chi connectivity index (χ1v) is 11.1. The van der Waals surface area contributed by atoms with Gasteiger partial charge >= 0.3 is 0 Å². The molecule has 8 heteroatoms. The first-order chi connectivity index (χ1) is 17.2. The highest BCUT2D eigenvalue weighted by molar-refractivity contribution is 6.06. The third kappa shape index (κ3) is 4.62. The Bertz CT molecular complexity index is 1200. The molecular weight excluding hydrogens is 420 g/mol. The molecule has 0 aromatic heterocycles. The van der Waals surface area contributed by atoms with Crippen LogP contribution in [0.5, 0.6) is 0 Å². The number of ether oxygens (including phenoxy) is 1. The van der Waals surface area contributed by atoms with Crippen LogP contribution in [0.1, 0.15) is 44.0 Å². The Labute approximate surface area is 197 Å². The number of benzene rings is 2. The minimum absolute atomic E-state index is 0.0138. The largest absolute Gasteiger partial charge is 0.381 e. The molecule has 0 radical (unpaired) electrons. The second-order valence-corrected chi connectivity index (χ2v) is 8.31. The number of carbonyl (C=O) groups excluding carboxylic acids is 3. The van der Waals surface area contributed by atoms with E-state index in [1.165, 1.54) is 4.90 Å². The third-order valence-corrected chi connectivity index (χ3v) is 6.13. The van der Waals surface area contributed by atoms with Gasteiger partial charge in [0.2, 0.25) is 11.8 Å². The molecule has 5 rings (SSSR count). The average Bonchev–Trinajstić information content (AvgIpc) is 3.23. The van der Waals surface area contributed by atoms with E-state index in [4.69, 9.17) is 8.85 Å². The predicted molar refractivity (Wildman–Crippen MR) is 122 cm³/mol. The molecule has 2 fully saturated rings. The third-order valence-electron chi connectivity index (χ3n) is 6.13. The molecule has 2 saturated heterocycles. The summed E-state index contributed by atoms with van der Waals surface area (Å²) in [6, 6.07) is 10.8. The Kier molecular flexibility index (Phi) is 5.15. The van der Waals surface area contributed by atoms with Gasteiger partial charge in [-0.3, -0.25) is 24.6 Å². The van der Waals surface area contributed by atoms with Crippen molar-refractivity contribution < 1.29 is 23.2 Å². The van der Waals surface area contributed by atoms with Crippen molar-refractivity contribution in [3.05, 3.63) is 64.7 Å². The number of amides is 3. The van der Waals surface area contributed by atoms with Gasteiger partial charge in [-0.15, -0.1) is 0 Å². The second kappa shape index (κ2) is 9.33. The van der Waals surface area contributed by atoms with Gasteiger partial charge in [-0.1, -0.05) is 30.3 Å². The van der Waals surface area contributed by atoms with E-state index >= 15 is 0 Å². The zero-order chi connectivity index (χ0) is 25.5. The molecule has 8 nitrogen and oxygen atoms in total. The lowest BCUT2D eigenvalue weighted by Crippen LogP contribution is -2.52. The molecule has 0 aliphatic carbocycles. The average molecular weight is 452 g/mol. The van der Waals surface area contributed by atoms with Crippen molar-refractivity contribution in [2.45, 2.75) is 38.4 Å². The number of carbonyl (C=O) groups is 3. The monoisotopic (exact) mass is 451 g/mol. The SMILES string of the molecule is [2H]C([2H])(c1ccc(CNc2cccc3c2CN([C@@]2([2H])CCC(=O)NC2=O)C3=O)cc1)N1CCOCC1. The van der Waals surface area contributed by atoms with E-state index < -0.39 is 30.2 Å². The Morgan fingerprint density at radius 2 is 1.85 bits per heavy atom. The summed E-state index contributed by atoms with van der Waals surface area (Å²) in [5.41, 5.74) is 3.40. The first kappa shape index (κ1) is 18.2. The number of nitrogens with zero attached hydrogens (tertiary/aromatic N) is 2. The van der Waals surface area contributed by atoms with Gasteiger partial charge in [0.25, 0.3) is 5.91 Å². The van der Waals surface area contributed by atoms with E-state index in [2.05, 4.69) is 10.6 Å². The number of hydrogen-bond acceptors (Lipinski definition) is 6. The van der Waals surface area contributed by atoms with Crippen LogP contribution in [0.2, 0.25) is 0 Å². The quantitative estimate of drug-likeness (QED) is 0.652. The lowest BCUT2D eigenvalue weighted by atomic mass is 10.0. The normalized spacial score (nSPS) is 25.2. The number of nitrogens with one attached hydrogen (secondary N) is 2. The summed E-state index contributed by atoms with van der Waals surface area (Å²) >= 11 is 0. The number of piperidine rings is 1. The molecule has 0 spiro atoms. The van der Waals surface area contributed by atoms with Gasteiger partial charge in [0, 0.05) is 58.7 Å². The van der Waals surface area contributed by atoms with Gasteiger partial charge in [0.15, 0.2) is 0 Å². The lowest BCUT2D eigenvalue weighted by Gasteiger charge is -2.29. The minimum atomic E-state index is -1.82. The van der Waals surface area contributed by atoms with Crippen LogP contribution >= 0.6 is 0 Å². The summed E-state index contributed by atoms with van der Waals surface area (Å²) in [6.45, 7) is 1.10. The van der Waals surface area contributed by atoms with Crippen LogP contribution in [-0.2, 0) is 33.9 Å². The molecule has 0 bridgehead atoms. The highest BCUT2D eigenvalue weighted by Gasteiger charge is 2.39. The van der Waals surface area contributed by atoms with Gasteiger partial charge in [-0.05, 0) is 29.7 Å². The van der Waals surface area contributed by atoms with E-state index in [-0.39, 0.29) is 19.4 Å². The van der Waals surface area contributed by atoms with E-state index in [0.717, 1.165) is 11.3 Å². The van der Waals surface area contributed by atoms with Crippen molar-refractivity contribution in [3.8, 4) is 0 Å². The molecule has 0 saturated carbocycles. The maximum Gasteiger partial charge on any atom is 0.255 e. The molecule has 2 N–H and O–H groups in total. The molecule has 0 unspecified atom stereocenters. The molecule has 3 aliphatic rings. The van der Waals surface area contributed by atoms with Crippen LogP contribution in [0.15, 0.2) is 42.5 Å². The highest BCUT2D eigenvalue weighted by Crippen LogP contribution is 2.32. The smallest absolute Gasteiger partial charge is 0.255 e. The van der Waals surface area contributed by atoms with Gasteiger partial charge < -0.3 is 15.0 Å². The minimum Gasteiger partial charge on any atom is -0.381 e. The molecule has 3 heterocycles. The van der Waals surface area contributed by atoms with E-state index in [0.29, 0.717) is 49.5 Å². The van der Waals surface area contributed by atoms with Crippen molar-refractivity contribution >= 4 is 23.4 Å². The van der Waals surface area contributed by atoms with Crippen LogP contribution in [-0.4, -0.2) is 59.8 Å². The van der Waals surface area contributed by atoms with Gasteiger partial charge in [0.1, 0.15) is 6.02 Å². The maximum atomic E-state index is 13.1. The van der Waals surface area contributed by atoms with Crippen LogP contribution < -0.4 is 10.6 Å². The molecule has 1 atom stereocenters. The van der Waals surface area contributed by atoms with Crippen molar-refractivity contribution in [1.29, 1.82) is 0 Å². The van der Waals surface area contributed by atoms with Crippen LogP contribution in [0.3, 0.4) is 0 Å². The van der Waals surface area contributed by atoms with Crippen molar-refractivity contribution in [3.63, 3.8) is 0 Å². The standard InChI is InChI=1S/C25H28N4O4/c30-23-9-8-22(24(31)27-23)29-16-20-19(25(29)32)2-1-3-21(20)26-14-17-4-6-18(7-5-17)15-28-10-12-33-13-11-28/h1-7,22,26H,8-16H2,(H,27,30,31)/t22-/m0/s1/i15D2,22D. The molecular formula is C25H28N4O4. The topological polar surface area (TPSA) is 91.0 Å². The van der Waals surface area contributed by atoms with Crippen LogP contribution in [0.4, 0.5) is 5.69 Å². The highest BCUT2D eigenvalue weighted by atomic mass is 16.5. The maximum absolute atomic E-state index is 13.1. The van der Waals surface area contributed by atoms with Crippen molar-refractivity contribution in [2.24, 2.45) is 0 Å². The van der Waals surface area contributed by atoms with Gasteiger partial charge in [0.05, 0.1) is 14.6 Å². The summed E-state index contributed by atoms with van der Waals surface area (Å²) in [4.78, 5) is 40.1. The molecule has 2 aromatic carbocycles. The Morgan fingerprint density at radius 3 is 2.61 bits per heavy atom. The van der Waals surface area contributed by atoms with Gasteiger partial charge in [-0.25, -0.2) is 0 Å². The number of morpholine rings is 1. The fraction of sp³-hybridized carbons (Fsp3) is 0.400. The summed E-state index contributed by atoms with van der Waals surface area (Å²) in [5, 5.41) is 5.52. The zero-order valence-electron chi connectivity index (χ0n) is 21.2. The molecule has 33 heavy (non-hydrogen) atoms. The lowest BCUT2D eigenvalue weighted by molar-refractivity contribution is -0.136. The number of anilines is 1. The van der Waals surface area contributed by atoms with Gasteiger partial charge in [-0.2, -0.15) is 0 Å². The summed E-state index contributed by atoms with van der Waals surface area (Å²) in [6.07, 6.45) is -0.0234. The molecule has 172 valence electrons. The second-order valence-electron chi connectivity index (χ2n) is 8.31. The van der Waals surface area contributed by atoms with Crippen molar-refractivity contribution in [2.75, 3.05) is 31.6 Å². The number of fused-ring (bicyclic) bond motifs is 1. The van der Waals surface area contributed by atoms with E-state index in [1.54, 1.807) is 29.2 Å². The Hall–Kier alpha value is -3.23. The fourth-order valence-electron chi connectivity index (χ4n) is 4.33. The van der Waals surface area contributed by atoms with Crippen LogP contribution in [0, 0.1) is 0 Å². The summed E-state index contributed by atoms with van der Waals surface area (Å²) < 4.78 is 31.1. The molecule has 3 aliphatic heterocycles. The van der Waals surface area contributed by atoms with E-state index in [9.17, 15) is 14.4 Å². The zero-order valence-corrected chi connectivity index (χ0v) is 18.2. The number of hydrogen-bond donors (Lipinski definition) is 2. The fourth-order valence-corrected chi connectivity index (χ4v) is 4.33. The summed E-state index contributed by atoms with van der Waals surface area (Å²) in [5.74, 6) is -1.60. The predicted octanol–water partition coefficient (Wildman–Crippen LogP) is 1.89. The summed E-state index contributed by atoms with van der Waals surface area (Å²) in [7, 11) is 0.